The van der Waals surface area contributed by atoms with Crippen molar-refractivity contribution in [3.05, 3.63) is 27.8 Å². The topological polar surface area (TPSA) is 104 Å². The summed E-state index contributed by atoms with van der Waals surface area (Å²) in [6, 6.07) is 3.66. The van der Waals surface area contributed by atoms with Crippen LogP contribution in [-0.4, -0.2) is 62.3 Å². The van der Waals surface area contributed by atoms with Crippen LogP contribution in [0.3, 0.4) is 0 Å². The van der Waals surface area contributed by atoms with Gasteiger partial charge in [0, 0.05) is 17.7 Å². The summed E-state index contributed by atoms with van der Waals surface area (Å²) in [4.78, 5) is 0. The van der Waals surface area contributed by atoms with E-state index in [-0.39, 0.29) is 0 Å². The minimum Gasteiger partial charge on any atom is -0.460 e. The summed E-state index contributed by atoms with van der Waals surface area (Å²) in [7, 11) is 1.81. The molecule has 1 aliphatic rings. The highest BCUT2D eigenvalue weighted by Crippen LogP contribution is 2.39. The van der Waals surface area contributed by atoms with Crippen LogP contribution in [0.5, 0.6) is 5.75 Å². The predicted octanol–water partition coefficient (Wildman–Crippen LogP) is 0.773. The minimum atomic E-state index is -1.50. The summed E-state index contributed by atoms with van der Waals surface area (Å²) in [5.74, 6) is 0.350. The molecular weight excluding hydrogens is 406 g/mol. The van der Waals surface area contributed by atoms with Crippen molar-refractivity contribution < 1.29 is 29.9 Å². The van der Waals surface area contributed by atoms with Gasteiger partial charge in [-0.05, 0) is 28.1 Å². The summed E-state index contributed by atoms with van der Waals surface area (Å²) in [5, 5.41) is 40.1. The van der Waals surface area contributed by atoms with Crippen molar-refractivity contribution in [2.45, 2.75) is 30.7 Å². The van der Waals surface area contributed by atoms with E-state index < -0.39 is 37.3 Å². The molecule has 0 spiro atoms. The number of aliphatic hydroxyl groups excluding tert-OH is 4. The number of aliphatic hydroxyl groups is 4. The molecule has 3 rings (SSSR count). The average Bonchev–Trinajstić information content (AvgIpc) is 2.87. The van der Waals surface area contributed by atoms with Crippen LogP contribution in [0, 0.1) is 0 Å². The summed E-state index contributed by atoms with van der Waals surface area (Å²) in [6.07, 6.45) is -5.05. The molecule has 1 saturated heterocycles. The third-order valence-electron chi connectivity index (χ3n) is 4.10. The van der Waals surface area contributed by atoms with Crippen LogP contribution in [0.2, 0.25) is 5.02 Å². The van der Waals surface area contributed by atoms with E-state index in [9.17, 15) is 20.4 Å². The van der Waals surface area contributed by atoms with E-state index in [1.165, 1.54) is 0 Å². The molecule has 7 nitrogen and oxygen atoms in total. The molecule has 4 N–H and O–H groups in total. The molecule has 5 atom stereocenters. The van der Waals surface area contributed by atoms with Crippen LogP contribution in [0.4, 0.5) is 0 Å². The molecule has 1 aliphatic heterocycles. The number of rotatable bonds is 3. The number of aryl methyl sites for hydroxylation is 1. The Hall–Kier alpha value is -0.870. The first kappa shape index (κ1) is 17.9. The second-order valence-corrected chi connectivity index (χ2v) is 6.91. The second-order valence-electron chi connectivity index (χ2n) is 5.67. The Kier molecular flexibility index (Phi) is 5.08. The number of halogens is 2. The fraction of sp³-hybridized carbons (Fsp3) is 0.467. The standard InChI is InChI=1S/C15H17BrClNO6/c1-18-4-8(10-7(18)3-2-6(16)11(10)17)23-15-14(22)13(21)12(20)9(5-19)24-15/h2-4,9,12-15,19-22H,5H2,1H3/t9-,12-,13+,14-,15?/m1/s1. The van der Waals surface area contributed by atoms with Crippen LogP contribution >= 0.6 is 27.5 Å². The molecule has 0 saturated carbocycles. The first-order valence-corrected chi connectivity index (χ1v) is 8.42. The fourth-order valence-electron chi connectivity index (χ4n) is 2.76. The Morgan fingerprint density at radius 1 is 1.25 bits per heavy atom. The van der Waals surface area contributed by atoms with Crippen molar-refractivity contribution in [1.29, 1.82) is 0 Å². The maximum atomic E-state index is 10.1. The molecule has 0 radical (unpaired) electrons. The molecule has 2 aromatic rings. The molecule has 132 valence electrons. The van der Waals surface area contributed by atoms with Crippen LogP contribution in [-0.2, 0) is 11.8 Å². The smallest absolute Gasteiger partial charge is 0.229 e. The van der Waals surface area contributed by atoms with Crippen LogP contribution in [0.25, 0.3) is 10.9 Å². The van der Waals surface area contributed by atoms with Crippen molar-refractivity contribution in [3.63, 3.8) is 0 Å². The van der Waals surface area contributed by atoms with Gasteiger partial charge in [-0.15, -0.1) is 0 Å². The van der Waals surface area contributed by atoms with Crippen molar-refractivity contribution in [1.82, 2.24) is 4.57 Å². The third kappa shape index (κ3) is 2.92. The maximum absolute atomic E-state index is 10.1. The number of nitrogens with zero attached hydrogens (tertiary/aromatic N) is 1. The lowest BCUT2D eigenvalue weighted by Gasteiger charge is -2.39. The van der Waals surface area contributed by atoms with Gasteiger partial charge < -0.3 is 34.5 Å². The highest BCUT2D eigenvalue weighted by Gasteiger charge is 2.45. The van der Waals surface area contributed by atoms with Gasteiger partial charge in [0.05, 0.1) is 22.5 Å². The Bertz CT molecular complexity index is 751. The summed E-state index contributed by atoms with van der Waals surface area (Å²) in [5.41, 5.74) is 0.808. The monoisotopic (exact) mass is 421 g/mol. The van der Waals surface area contributed by atoms with E-state index in [0.717, 1.165) is 5.52 Å². The van der Waals surface area contributed by atoms with Crippen LogP contribution in [0.1, 0.15) is 0 Å². The van der Waals surface area contributed by atoms with E-state index >= 15 is 0 Å². The highest BCUT2D eigenvalue weighted by atomic mass is 79.9. The largest absolute Gasteiger partial charge is 0.460 e. The van der Waals surface area contributed by atoms with Gasteiger partial charge in [0.15, 0.2) is 0 Å². The van der Waals surface area contributed by atoms with Crippen molar-refractivity contribution >= 4 is 38.4 Å². The zero-order valence-electron chi connectivity index (χ0n) is 12.6. The van der Waals surface area contributed by atoms with Crippen molar-refractivity contribution in [3.8, 4) is 5.75 Å². The lowest BCUT2D eigenvalue weighted by molar-refractivity contribution is -0.277. The Balaban J connectivity index is 1.96. The van der Waals surface area contributed by atoms with Gasteiger partial charge in [-0.3, -0.25) is 0 Å². The molecule has 9 heteroatoms. The molecule has 1 unspecified atom stereocenters. The molecule has 0 amide bonds. The van der Waals surface area contributed by atoms with Crippen LogP contribution < -0.4 is 4.74 Å². The highest BCUT2D eigenvalue weighted by molar-refractivity contribution is 9.10. The summed E-state index contributed by atoms with van der Waals surface area (Å²) in [6.45, 7) is -0.521. The molecule has 24 heavy (non-hydrogen) atoms. The van der Waals surface area contributed by atoms with Gasteiger partial charge in [-0.25, -0.2) is 0 Å². The van der Waals surface area contributed by atoms with Crippen molar-refractivity contribution in [2.75, 3.05) is 6.61 Å². The van der Waals surface area contributed by atoms with E-state index in [4.69, 9.17) is 21.1 Å². The van der Waals surface area contributed by atoms with Gasteiger partial charge >= 0.3 is 0 Å². The minimum absolute atomic E-state index is 0.350. The number of ether oxygens (including phenoxy) is 2. The van der Waals surface area contributed by atoms with Gasteiger partial charge in [0.1, 0.15) is 30.2 Å². The lowest BCUT2D eigenvalue weighted by Crippen LogP contribution is -2.60. The molecule has 0 aliphatic carbocycles. The predicted molar refractivity (Wildman–Crippen MR) is 90.0 cm³/mol. The van der Waals surface area contributed by atoms with Crippen LogP contribution in [0.15, 0.2) is 22.8 Å². The van der Waals surface area contributed by atoms with E-state index in [0.29, 0.717) is 20.6 Å². The zero-order valence-corrected chi connectivity index (χ0v) is 15.0. The number of benzene rings is 1. The first-order valence-electron chi connectivity index (χ1n) is 7.25. The second kappa shape index (κ2) is 6.80. The first-order chi connectivity index (χ1) is 11.3. The number of aromatic nitrogens is 1. The quantitative estimate of drug-likeness (QED) is 0.583. The third-order valence-corrected chi connectivity index (χ3v) is 5.38. The zero-order chi connectivity index (χ0) is 17.6. The number of hydrogen-bond donors (Lipinski definition) is 4. The normalized spacial score (nSPS) is 30.7. The number of hydrogen-bond acceptors (Lipinski definition) is 6. The van der Waals surface area contributed by atoms with Crippen molar-refractivity contribution in [2.24, 2.45) is 7.05 Å². The van der Waals surface area contributed by atoms with Gasteiger partial charge in [-0.1, -0.05) is 11.6 Å². The summed E-state index contributed by atoms with van der Waals surface area (Å²) >= 11 is 9.68. The van der Waals surface area contributed by atoms with Gasteiger partial charge in [-0.2, -0.15) is 0 Å². The molecule has 1 aromatic heterocycles. The fourth-order valence-corrected chi connectivity index (χ4v) is 3.34. The summed E-state index contributed by atoms with van der Waals surface area (Å²) < 4.78 is 13.6. The molecule has 2 heterocycles. The molecular formula is C15H17BrClNO6. The Morgan fingerprint density at radius 3 is 2.62 bits per heavy atom. The van der Waals surface area contributed by atoms with E-state index in [1.54, 1.807) is 10.8 Å². The maximum Gasteiger partial charge on any atom is 0.229 e. The molecule has 1 fully saturated rings. The van der Waals surface area contributed by atoms with E-state index in [1.807, 2.05) is 19.2 Å². The van der Waals surface area contributed by atoms with E-state index in [2.05, 4.69) is 15.9 Å². The number of fused-ring (bicyclic) bond motifs is 1. The Labute approximate surface area is 151 Å². The SMILES string of the molecule is Cn1cc(OC2O[C@H](CO)[C@@H](O)[C@H](O)[C@H]2O)c2c(Cl)c(Br)ccc21. The Morgan fingerprint density at radius 2 is 1.96 bits per heavy atom. The van der Waals surface area contributed by atoms with Gasteiger partial charge in [0.2, 0.25) is 6.29 Å². The van der Waals surface area contributed by atoms with Gasteiger partial charge in [0.25, 0.3) is 0 Å². The molecule has 0 bridgehead atoms. The lowest BCUT2D eigenvalue weighted by atomic mass is 9.99. The average molecular weight is 423 g/mol. The molecule has 1 aromatic carbocycles.